The molecule has 3 rings (SSSR count). The highest BCUT2D eigenvalue weighted by Gasteiger charge is 2.30. The van der Waals surface area contributed by atoms with Crippen molar-refractivity contribution in [3.63, 3.8) is 0 Å². The summed E-state index contributed by atoms with van der Waals surface area (Å²) in [6, 6.07) is 23.7. The molecule has 0 bridgehead atoms. The molecular weight excluding hydrogens is 432 g/mol. The van der Waals surface area contributed by atoms with Crippen molar-refractivity contribution in [3.8, 4) is 0 Å². The van der Waals surface area contributed by atoms with Crippen molar-refractivity contribution >= 4 is 11.8 Å². The molecule has 3 aromatic rings. The number of amides is 2. The van der Waals surface area contributed by atoms with E-state index in [0.29, 0.717) is 25.4 Å². The van der Waals surface area contributed by atoms with Gasteiger partial charge in [-0.3, -0.25) is 9.59 Å². The van der Waals surface area contributed by atoms with Gasteiger partial charge in [0.15, 0.2) is 0 Å². The minimum absolute atomic E-state index is 0.0443. The average molecular weight is 471 g/mol. The number of hydrogen-bond donors (Lipinski definition) is 1. The van der Waals surface area contributed by atoms with Crippen molar-refractivity contribution in [2.75, 3.05) is 6.54 Å². The number of hydrogen-bond acceptors (Lipinski definition) is 2. The first-order chi connectivity index (χ1) is 16.7. The molecule has 1 atom stereocenters. The van der Waals surface area contributed by atoms with Crippen LogP contribution in [0.25, 0.3) is 0 Å². The first-order valence-corrected chi connectivity index (χ1v) is 12.4. The highest BCUT2D eigenvalue weighted by molar-refractivity contribution is 5.88. The molecule has 0 unspecified atom stereocenters. The number of carbonyl (C=O) groups excluding carboxylic acids is 2. The van der Waals surface area contributed by atoms with Gasteiger partial charge < -0.3 is 10.2 Å². The smallest absolute Gasteiger partial charge is 0.243 e. The van der Waals surface area contributed by atoms with Crippen molar-refractivity contribution in [1.29, 1.82) is 0 Å². The topological polar surface area (TPSA) is 49.4 Å². The van der Waals surface area contributed by atoms with Gasteiger partial charge in [-0.05, 0) is 43.4 Å². The Morgan fingerprint density at radius 1 is 0.771 bits per heavy atom. The molecule has 4 heteroatoms. The van der Waals surface area contributed by atoms with Crippen LogP contribution in [0.3, 0.4) is 0 Å². The Labute approximate surface area is 210 Å². The summed E-state index contributed by atoms with van der Waals surface area (Å²) in [5, 5.41) is 3.08. The Balaban J connectivity index is 1.97. The number of aryl methyl sites for hydroxylation is 3. The van der Waals surface area contributed by atoms with Crippen LogP contribution in [-0.2, 0) is 29.0 Å². The minimum Gasteiger partial charge on any atom is -0.354 e. The second-order valence-corrected chi connectivity index (χ2v) is 10.0. The van der Waals surface area contributed by atoms with E-state index < -0.39 is 6.04 Å². The summed E-state index contributed by atoms with van der Waals surface area (Å²) < 4.78 is 0. The lowest BCUT2D eigenvalue weighted by atomic mass is 10.00. The molecule has 1 N–H and O–H groups in total. The van der Waals surface area contributed by atoms with Gasteiger partial charge in [-0.15, -0.1) is 0 Å². The molecule has 0 aliphatic rings. The summed E-state index contributed by atoms with van der Waals surface area (Å²) in [6.45, 7) is 11.2. The molecule has 0 aliphatic carbocycles. The first-order valence-electron chi connectivity index (χ1n) is 12.4. The Morgan fingerprint density at radius 3 is 2.03 bits per heavy atom. The van der Waals surface area contributed by atoms with Crippen molar-refractivity contribution in [3.05, 3.63) is 106 Å². The summed E-state index contributed by atoms with van der Waals surface area (Å²) in [6.07, 6.45) is 0.728. The van der Waals surface area contributed by atoms with Gasteiger partial charge in [0.1, 0.15) is 6.04 Å². The summed E-state index contributed by atoms with van der Waals surface area (Å²) in [5.74, 6) is 0.175. The lowest BCUT2D eigenvalue weighted by Gasteiger charge is -2.32. The maximum Gasteiger partial charge on any atom is 0.243 e. The van der Waals surface area contributed by atoms with E-state index in [1.165, 1.54) is 0 Å². The molecule has 35 heavy (non-hydrogen) atoms. The summed E-state index contributed by atoms with van der Waals surface area (Å²) in [5.41, 5.74) is 6.43. The van der Waals surface area contributed by atoms with Crippen LogP contribution in [-0.4, -0.2) is 29.3 Å². The molecule has 0 spiro atoms. The van der Waals surface area contributed by atoms with Gasteiger partial charge in [-0.2, -0.15) is 0 Å². The molecule has 3 aromatic carbocycles. The van der Waals surface area contributed by atoms with Gasteiger partial charge in [0.25, 0.3) is 0 Å². The third-order valence-corrected chi connectivity index (χ3v) is 6.03. The van der Waals surface area contributed by atoms with Crippen LogP contribution in [0.15, 0.2) is 72.8 Å². The molecular formula is C31H38N2O2. The van der Waals surface area contributed by atoms with Crippen molar-refractivity contribution in [2.45, 2.75) is 60.0 Å². The number of carbonyl (C=O) groups is 2. The molecule has 0 saturated carbocycles. The molecule has 0 heterocycles. The zero-order chi connectivity index (χ0) is 25.4. The number of rotatable bonds is 10. The second-order valence-electron chi connectivity index (χ2n) is 10.0. The molecule has 184 valence electrons. The van der Waals surface area contributed by atoms with E-state index >= 15 is 0 Å². The zero-order valence-electron chi connectivity index (χ0n) is 21.7. The summed E-state index contributed by atoms with van der Waals surface area (Å²) in [4.78, 5) is 29.1. The fraction of sp³-hybridized carbons (Fsp3) is 0.355. The monoisotopic (exact) mass is 470 g/mol. The number of nitrogens with one attached hydrogen (secondary N) is 1. The quantitative estimate of drug-likeness (QED) is 0.421. The largest absolute Gasteiger partial charge is 0.354 e. The third kappa shape index (κ3) is 8.10. The predicted molar refractivity (Wildman–Crippen MR) is 143 cm³/mol. The van der Waals surface area contributed by atoms with E-state index in [9.17, 15) is 9.59 Å². The van der Waals surface area contributed by atoms with Crippen LogP contribution in [0.2, 0.25) is 0 Å². The van der Waals surface area contributed by atoms with Gasteiger partial charge >= 0.3 is 0 Å². The Hall–Kier alpha value is -3.40. The van der Waals surface area contributed by atoms with E-state index in [4.69, 9.17) is 0 Å². The highest BCUT2D eigenvalue weighted by Crippen LogP contribution is 2.18. The SMILES string of the molecule is Cc1cc(C)cc(CC(=O)N(Cc2cccc(C)c2)[C@H](Cc2ccccc2)C(=O)NCC(C)C)c1. The van der Waals surface area contributed by atoms with Gasteiger partial charge in [0.2, 0.25) is 11.8 Å². The summed E-state index contributed by atoms with van der Waals surface area (Å²) >= 11 is 0. The van der Waals surface area contributed by atoms with E-state index in [1.807, 2.05) is 69.3 Å². The zero-order valence-corrected chi connectivity index (χ0v) is 21.7. The Morgan fingerprint density at radius 2 is 1.40 bits per heavy atom. The first kappa shape index (κ1) is 26.2. The van der Waals surface area contributed by atoms with Gasteiger partial charge in [0, 0.05) is 19.5 Å². The maximum absolute atomic E-state index is 13.8. The highest BCUT2D eigenvalue weighted by atomic mass is 16.2. The van der Waals surface area contributed by atoms with Gasteiger partial charge in [0.05, 0.1) is 6.42 Å². The number of benzene rings is 3. The normalized spacial score (nSPS) is 11.8. The minimum atomic E-state index is -0.602. The van der Waals surface area contributed by atoms with Crippen molar-refractivity contribution in [1.82, 2.24) is 10.2 Å². The van der Waals surface area contributed by atoms with Crippen LogP contribution in [0.5, 0.6) is 0 Å². The molecule has 0 radical (unpaired) electrons. The second kappa shape index (κ2) is 12.3. The molecule has 0 fully saturated rings. The lowest BCUT2D eigenvalue weighted by Crippen LogP contribution is -2.51. The molecule has 0 saturated heterocycles. The van der Waals surface area contributed by atoms with Crippen LogP contribution in [0.1, 0.15) is 47.2 Å². The van der Waals surface area contributed by atoms with Crippen LogP contribution in [0.4, 0.5) is 0 Å². The maximum atomic E-state index is 13.8. The average Bonchev–Trinajstić information content (AvgIpc) is 2.79. The van der Waals surface area contributed by atoms with Crippen LogP contribution in [0, 0.1) is 26.7 Å². The third-order valence-electron chi connectivity index (χ3n) is 6.03. The van der Waals surface area contributed by atoms with Gasteiger partial charge in [-0.1, -0.05) is 103 Å². The fourth-order valence-corrected chi connectivity index (χ4v) is 4.43. The van der Waals surface area contributed by atoms with Crippen molar-refractivity contribution in [2.24, 2.45) is 5.92 Å². The Kier molecular flexibility index (Phi) is 9.25. The van der Waals surface area contributed by atoms with E-state index in [0.717, 1.165) is 33.4 Å². The van der Waals surface area contributed by atoms with E-state index in [2.05, 4.69) is 43.4 Å². The van der Waals surface area contributed by atoms with Crippen LogP contribution < -0.4 is 5.32 Å². The predicted octanol–water partition coefficient (Wildman–Crippen LogP) is 5.57. The fourth-order valence-electron chi connectivity index (χ4n) is 4.43. The molecule has 4 nitrogen and oxygen atoms in total. The lowest BCUT2D eigenvalue weighted by molar-refractivity contribution is -0.140. The van der Waals surface area contributed by atoms with Crippen molar-refractivity contribution < 1.29 is 9.59 Å². The van der Waals surface area contributed by atoms with Gasteiger partial charge in [-0.25, -0.2) is 0 Å². The standard InChI is InChI=1S/C31H38N2O2/c1-22(2)20-32-31(35)29(18-26-11-7-6-8-12-26)33(21-27-13-9-10-23(3)15-27)30(34)19-28-16-24(4)14-25(5)17-28/h6-17,22,29H,18-21H2,1-5H3,(H,32,35)/t29-/m1/s1. The molecule has 0 aromatic heterocycles. The molecule has 2 amide bonds. The van der Waals surface area contributed by atoms with Crippen LogP contribution >= 0.6 is 0 Å². The van der Waals surface area contributed by atoms with E-state index in [-0.39, 0.29) is 18.2 Å². The summed E-state index contributed by atoms with van der Waals surface area (Å²) in [7, 11) is 0. The Bertz CT molecular complexity index is 1120. The van der Waals surface area contributed by atoms with E-state index in [1.54, 1.807) is 4.90 Å². The number of nitrogens with zero attached hydrogens (tertiary/aromatic N) is 1. The molecule has 0 aliphatic heterocycles.